The zero-order valence-electron chi connectivity index (χ0n) is 20.4. The van der Waals surface area contributed by atoms with Crippen LogP contribution in [0.2, 0.25) is 0 Å². The van der Waals surface area contributed by atoms with Crippen LogP contribution in [0.25, 0.3) is 21.6 Å². The molecule has 5 aromatic rings. The minimum absolute atomic E-state index is 0.372. The van der Waals surface area contributed by atoms with Crippen LogP contribution >= 0.6 is 22.7 Å². The standard InChI is InChI=1S/C27H27N5O2S3/c1-31(17-21-7-2-3-12-28-21)18-22-15-29-27(36-22)23-14-20-6-4-8-24(26(20)30-23)32(16-19-10-11-19)37(33,34)25-9-5-13-35-25/h2-9,12-15,19,30H,10-11,16-18H2,1H3. The van der Waals surface area contributed by atoms with E-state index in [9.17, 15) is 8.42 Å². The van der Waals surface area contributed by atoms with Crippen molar-refractivity contribution in [3.63, 3.8) is 0 Å². The Balaban J connectivity index is 1.28. The van der Waals surface area contributed by atoms with Gasteiger partial charge >= 0.3 is 0 Å². The van der Waals surface area contributed by atoms with Gasteiger partial charge in [-0.05, 0) is 61.5 Å². The fourth-order valence-electron chi connectivity index (χ4n) is 4.44. The van der Waals surface area contributed by atoms with Gasteiger partial charge in [0.15, 0.2) is 0 Å². The molecule has 0 amide bonds. The summed E-state index contributed by atoms with van der Waals surface area (Å²) in [6.07, 6.45) is 5.87. The molecule has 7 nitrogen and oxygen atoms in total. The monoisotopic (exact) mass is 549 g/mol. The third kappa shape index (κ3) is 5.19. The van der Waals surface area contributed by atoms with Gasteiger partial charge in [0.05, 0.1) is 22.6 Å². The van der Waals surface area contributed by atoms with E-state index in [1.807, 2.05) is 54.2 Å². The summed E-state index contributed by atoms with van der Waals surface area (Å²) in [5.74, 6) is 0.407. The smallest absolute Gasteiger partial charge is 0.273 e. The van der Waals surface area contributed by atoms with E-state index in [4.69, 9.17) is 0 Å². The number of H-pyrrole nitrogens is 1. The summed E-state index contributed by atoms with van der Waals surface area (Å²) < 4.78 is 29.2. The first kappa shape index (κ1) is 24.3. The Morgan fingerprint density at radius 3 is 2.70 bits per heavy atom. The van der Waals surface area contributed by atoms with Crippen molar-refractivity contribution in [2.45, 2.75) is 30.1 Å². The SMILES string of the molecule is CN(Cc1ccccn1)Cc1cnc(-c2cc3cccc(N(CC4CC4)S(=O)(=O)c4cccs4)c3[nH]2)s1. The predicted molar refractivity (Wildman–Crippen MR) is 150 cm³/mol. The van der Waals surface area contributed by atoms with Crippen molar-refractivity contribution in [1.82, 2.24) is 19.9 Å². The molecule has 1 aromatic carbocycles. The molecule has 0 spiro atoms. The minimum Gasteiger partial charge on any atom is -0.351 e. The van der Waals surface area contributed by atoms with E-state index >= 15 is 0 Å². The Morgan fingerprint density at radius 1 is 1.05 bits per heavy atom. The van der Waals surface area contributed by atoms with Gasteiger partial charge < -0.3 is 4.98 Å². The minimum atomic E-state index is -3.64. The Morgan fingerprint density at radius 2 is 1.95 bits per heavy atom. The molecule has 1 saturated carbocycles. The van der Waals surface area contributed by atoms with Crippen molar-refractivity contribution in [3.8, 4) is 10.7 Å². The first-order chi connectivity index (χ1) is 18.0. The number of thiazole rings is 1. The number of aromatic amines is 1. The second-order valence-corrected chi connectivity index (χ2v) is 13.6. The van der Waals surface area contributed by atoms with E-state index in [-0.39, 0.29) is 0 Å². The highest BCUT2D eigenvalue weighted by molar-refractivity contribution is 7.94. The van der Waals surface area contributed by atoms with Crippen molar-refractivity contribution < 1.29 is 8.42 Å². The number of aromatic nitrogens is 3. The molecular formula is C27H27N5O2S3. The number of sulfonamides is 1. The van der Waals surface area contributed by atoms with Crippen LogP contribution in [0.5, 0.6) is 0 Å². The van der Waals surface area contributed by atoms with E-state index in [1.165, 1.54) is 11.3 Å². The molecule has 4 heterocycles. The van der Waals surface area contributed by atoms with Crippen molar-refractivity contribution in [3.05, 3.63) is 82.9 Å². The van der Waals surface area contributed by atoms with Gasteiger partial charge in [0.1, 0.15) is 9.22 Å². The summed E-state index contributed by atoms with van der Waals surface area (Å²) in [6.45, 7) is 2.03. The summed E-state index contributed by atoms with van der Waals surface area (Å²) in [5, 5.41) is 3.67. The summed E-state index contributed by atoms with van der Waals surface area (Å²) in [7, 11) is -1.56. The van der Waals surface area contributed by atoms with Crippen LogP contribution in [0.3, 0.4) is 0 Å². The molecule has 1 aliphatic carbocycles. The highest BCUT2D eigenvalue weighted by Crippen LogP contribution is 2.39. The maximum absolute atomic E-state index is 13.6. The first-order valence-corrected chi connectivity index (χ1v) is 15.3. The summed E-state index contributed by atoms with van der Waals surface area (Å²) in [4.78, 5) is 16.0. The van der Waals surface area contributed by atoms with E-state index in [1.54, 1.807) is 27.8 Å². The summed E-state index contributed by atoms with van der Waals surface area (Å²) in [5.41, 5.74) is 3.44. The number of fused-ring (bicyclic) bond motifs is 1. The normalized spacial score (nSPS) is 14.0. The van der Waals surface area contributed by atoms with E-state index in [0.29, 0.717) is 22.4 Å². The number of nitrogens with one attached hydrogen (secondary N) is 1. The maximum atomic E-state index is 13.6. The lowest BCUT2D eigenvalue weighted by Gasteiger charge is -2.24. The Hall–Kier alpha value is -3.05. The zero-order chi connectivity index (χ0) is 25.4. The number of nitrogens with zero attached hydrogens (tertiary/aromatic N) is 4. The van der Waals surface area contributed by atoms with E-state index < -0.39 is 10.0 Å². The van der Waals surface area contributed by atoms with Crippen LogP contribution in [0.15, 0.2) is 76.6 Å². The molecule has 0 unspecified atom stereocenters. The lowest BCUT2D eigenvalue weighted by atomic mass is 10.2. The van der Waals surface area contributed by atoms with E-state index in [0.717, 1.165) is 58.1 Å². The summed E-state index contributed by atoms with van der Waals surface area (Å²) in [6, 6.07) is 17.3. The molecule has 1 fully saturated rings. The number of hydrogen-bond acceptors (Lipinski definition) is 7. The van der Waals surface area contributed by atoms with Gasteiger partial charge in [0.25, 0.3) is 10.0 Å². The molecule has 4 aromatic heterocycles. The van der Waals surface area contributed by atoms with Crippen molar-refractivity contribution in [2.75, 3.05) is 17.9 Å². The Bertz CT molecular complexity index is 1610. The molecule has 0 bridgehead atoms. The second kappa shape index (κ2) is 10.0. The first-order valence-electron chi connectivity index (χ1n) is 12.2. The summed E-state index contributed by atoms with van der Waals surface area (Å²) >= 11 is 2.90. The molecule has 37 heavy (non-hydrogen) atoms. The van der Waals surface area contributed by atoms with Crippen LogP contribution in [-0.4, -0.2) is 41.9 Å². The third-order valence-corrected chi connectivity index (χ3v) is 10.6. The highest BCUT2D eigenvalue weighted by Gasteiger charge is 2.33. The Labute approximate surface area is 224 Å². The zero-order valence-corrected chi connectivity index (χ0v) is 22.8. The number of rotatable bonds is 10. The molecule has 0 radical (unpaired) electrons. The number of pyridine rings is 1. The van der Waals surface area contributed by atoms with Crippen LogP contribution in [0.1, 0.15) is 23.4 Å². The van der Waals surface area contributed by atoms with Gasteiger partial charge in [0.2, 0.25) is 0 Å². The second-order valence-electron chi connectivity index (χ2n) is 9.46. The number of hydrogen-bond donors (Lipinski definition) is 1. The largest absolute Gasteiger partial charge is 0.351 e. The molecule has 1 aliphatic rings. The lowest BCUT2D eigenvalue weighted by molar-refractivity contribution is 0.318. The number of anilines is 1. The van der Waals surface area contributed by atoms with Gasteiger partial charge in [-0.2, -0.15) is 0 Å². The van der Waals surface area contributed by atoms with Gasteiger partial charge in [0, 0.05) is 42.3 Å². The average molecular weight is 550 g/mol. The Kier molecular flexibility index (Phi) is 6.58. The lowest BCUT2D eigenvalue weighted by Crippen LogP contribution is -2.32. The van der Waals surface area contributed by atoms with E-state index in [2.05, 4.69) is 33.0 Å². The molecule has 6 rings (SSSR count). The van der Waals surface area contributed by atoms with Gasteiger partial charge in [-0.1, -0.05) is 24.3 Å². The fraction of sp³-hybridized carbons (Fsp3) is 0.259. The predicted octanol–water partition coefficient (Wildman–Crippen LogP) is 5.99. The van der Waals surface area contributed by atoms with Crippen LogP contribution in [0, 0.1) is 5.92 Å². The molecule has 10 heteroatoms. The molecule has 0 aliphatic heterocycles. The van der Waals surface area contributed by atoms with Gasteiger partial charge in [-0.15, -0.1) is 22.7 Å². The van der Waals surface area contributed by atoms with Crippen LogP contribution < -0.4 is 4.31 Å². The number of para-hydroxylation sites is 1. The van der Waals surface area contributed by atoms with Gasteiger partial charge in [-0.25, -0.2) is 13.4 Å². The third-order valence-electron chi connectivity index (χ3n) is 6.43. The molecular weight excluding hydrogens is 523 g/mol. The molecule has 1 N–H and O–H groups in total. The van der Waals surface area contributed by atoms with Crippen molar-refractivity contribution in [2.24, 2.45) is 5.92 Å². The number of thiophene rings is 1. The van der Waals surface area contributed by atoms with Crippen molar-refractivity contribution in [1.29, 1.82) is 0 Å². The quantitative estimate of drug-likeness (QED) is 0.232. The van der Waals surface area contributed by atoms with Crippen LogP contribution in [-0.2, 0) is 23.1 Å². The van der Waals surface area contributed by atoms with Gasteiger partial charge in [-0.3, -0.25) is 14.2 Å². The fourth-order valence-corrected chi connectivity index (χ4v) is 8.06. The molecule has 0 atom stereocenters. The van der Waals surface area contributed by atoms with Crippen molar-refractivity contribution >= 4 is 49.3 Å². The maximum Gasteiger partial charge on any atom is 0.273 e. The number of benzene rings is 1. The molecule has 190 valence electrons. The average Bonchev–Trinajstić information content (AvgIpc) is 3.28. The molecule has 0 saturated heterocycles. The van der Waals surface area contributed by atoms with Crippen LogP contribution in [0.4, 0.5) is 5.69 Å². The topological polar surface area (TPSA) is 82.2 Å². The highest BCUT2D eigenvalue weighted by atomic mass is 32.2.